The molecule has 228 valence electrons. The lowest BCUT2D eigenvalue weighted by atomic mass is 9.92. The lowest BCUT2D eigenvalue weighted by molar-refractivity contribution is -0.151. The number of nitrogens with one attached hydrogen (secondary N) is 3. The van der Waals surface area contributed by atoms with Crippen LogP contribution in [0.15, 0.2) is 0 Å². The zero-order valence-electron chi connectivity index (χ0n) is 24.2. The van der Waals surface area contributed by atoms with E-state index in [1.807, 2.05) is 20.8 Å². The second-order valence-corrected chi connectivity index (χ2v) is 11.5. The number of carbonyl (C=O) groups excluding carboxylic acids is 5. The number of unbranched alkanes of at least 4 members (excludes halogenated alkanes) is 2. The van der Waals surface area contributed by atoms with Gasteiger partial charge >= 0.3 is 5.97 Å². The van der Waals surface area contributed by atoms with Gasteiger partial charge in [-0.25, -0.2) is 10.2 Å². The van der Waals surface area contributed by atoms with Crippen LogP contribution >= 0.6 is 11.8 Å². The third kappa shape index (κ3) is 12.2. The average Bonchev–Trinajstić information content (AvgIpc) is 2.91. The van der Waals surface area contributed by atoms with Gasteiger partial charge in [0.05, 0.1) is 6.04 Å². The van der Waals surface area contributed by atoms with Gasteiger partial charge in [-0.3, -0.25) is 29.0 Å². The molecule has 6 N–H and O–H groups in total. The fraction of sp³-hybridized carbons (Fsp3) is 0.778. The first-order valence-corrected chi connectivity index (χ1v) is 15.3. The number of Topliss-reactive ketones (excluding diaryl/α,β-unsaturated/α-hetero) is 1. The van der Waals surface area contributed by atoms with Gasteiger partial charge in [-0.1, -0.05) is 46.5 Å². The molecule has 40 heavy (non-hydrogen) atoms. The Hall–Kier alpha value is -2.67. The second kappa shape index (κ2) is 18.6. The van der Waals surface area contributed by atoms with E-state index in [4.69, 9.17) is 5.73 Å². The highest BCUT2D eigenvalue weighted by Gasteiger charge is 2.38. The molecule has 0 bridgehead atoms. The number of ketones is 1. The highest BCUT2D eigenvalue weighted by atomic mass is 32.2. The van der Waals surface area contributed by atoms with E-state index in [1.54, 1.807) is 0 Å². The number of nitrogens with zero attached hydrogens (tertiary/aromatic N) is 1. The van der Waals surface area contributed by atoms with Gasteiger partial charge in [0.15, 0.2) is 5.78 Å². The van der Waals surface area contributed by atoms with E-state index in [2.05, 4.69) is 16.1 Å². The van der Waals surface area contributed by atoms with E-state index in [0.717, 1.165) is 19.3 Å². The van der Waals surface area contributed by atoms with Crippen LogP contribution in [0.2, 0.25) is 0 Å². The Morgan fingerprint density at radius 1 is 1.12 bits per heavy atom. The summed E-state index contributed by atoms with van der Waals surface area (Å²) in [6.07, 6.45) is 4.88. The average molecular weight is 586 g/mol. The summed E-state index contributed by atoms with van der Waals surface area (Å²) in [5.74, 6) is -3.48. The van der Waals surface area contributed by atoms with Gasteiger partial charge in [0.25, 0.3) is 0 Å². The van der Waals surface area contributed by atoms with Crippen molar-refractivity contribution < 1.29 is 33.9 Å². The molecule has 4 amide bonds. The Morgan fingerprint density at radius 3 is 2.40 bits per heavy atom. The molecule has 1 aliphatic rings. The third-order valence-electron chi connectivity index (χ3n) is 7.05. The molecule has 1 heterocycles. The van der Waals surface area contributed by atoms with Crippen LogP contribution in [0.25, 0.3) is 0 Å². The van der Waals surface area contributed by atoms with Gasteiger partial charge in [-0.2, -0.15) is 11.8 Å². The van der Waals surface area contributed by atoms with Crippen LogP contribution in [-0.2, 0) is 28.8 Å². The van der Waals surface area contributed by atoms with Crippen LogP contribution in [0, 0.1) is 11.8 Å². The highest BCUT2D eigenvalue weighted by Crippen LogP contribution is 2.22. The number of hydrogen-bond donors (Lipinski definition) is 5. The molecule has 0 saturated carbocycles. The number of carbonyl (C=O) groups is 6. The Kier molecular flexibility index (Phi) is 16.5. The van der Waals surface area contributed by atoms with Crippen molar-refractivity contribution in [1.82, 2.24) is 21.1 Å². The molecule has 0 aromatic heterocycles. The predicted octanol–water partition coefficient (Wildman–Crippen LogP) is 1.37. The Labute approximate surface area is 241 Å². The summed E-state index contributed by atoms with van der Waals surface area (Å²) >= 11 is 1.23. The Bertz CT molecular complexity index is 887. The fourth-order valence-corrected chi connectivity index (χ4v) is 5.56. The minimum Gasteiger partial charge on any atom is -0.480 e. The summed E-state index contributed by atoms with van der Waals surface area (Å²) in [4.78, 5) is 74.2. The number of rotatable bonds is 19. The maximum atomic E-state index is 13.5. The monoisotopic (exact) mass is 585 g/mol. The maximum absolute atomic E-state index is 13.5. The number of hydrogen-bond acceptors (Lipinski definition) is 8. The quantitative estimate of drug-likeness (QED) is 0.139. The summed E-state index contributed by atoms with van der Waals surface area (Å²) in [7, 11) is 0. The number of amides is 4. The zero-order chi connectivity index (χ0) is 30.2. The van der Waals surface area contributed by atoms with Gasteiger partial charge in [0.1, 0.15) is 12.1 Å². The largest absolute Gasteiger partial charge is 0.480 e. The summed E-state index contributed by atoms with van der Waals surface area (Å²) in [5, 5.41) is 15.8. The fourth-order valence-electron chi connectivity index (χ4n) is 4.58. The highest BCUT2D eigenvalue weighted by molar-refractivity contribution is 7.99. The summed E-state index contributed by atoms with van der Waals surface area (Å²) < 4.78 is 0. The Balaban J connectivity index is 2.89. The molecule has 1 fully saturated rings. The van der Waals surface area contributed by atoms with E-state index in [9.17, 15) is 33.9 Å². The zero-order valence-corrected chi connectivity index (χ0v) is 25.0. The normalized spacial score (nSPS) is 18.2. The molecule has 0 aromatic rings. The van der Waals surface area contributed by atoms with Crippen molar-refractivity contribution in [3.63, 3.8) is 0 Å². The molecule has 0 aromatic carbocycles. The van der Waals surface area contributed by atoms with Crippen LogP contribution in [0.1, 0.15) is 85.5 Å². The third-order valence-corrected chi connectivity index (χ3v) is 8.11. The molecule has 1 aliphatic heterocycles. The number of primary amides is 1. The SMILES string of the molecule is CCCCC[C@H](CC(N)=O)C(=O)N1NCCC[C@H]1C(=O)N[C@H](C(=O)CCSC[C@@H](NC(C)=O)C(=O)O)[C@@H](C)CC. The molecule has 13 heteroatoms. The molecule has 0 unspecified atom stereocenters. The van der Waals surface area contributed by atoms with Gasteiger partial charge in [-0.05, 0) is 25.2 Å². The maximum Gasteiger partial charge on any atom is 0.327 e. The van der Waals surface area contributed by atoms with E-state index in [-0.39, 0.29) is 36.2 Å². The molecular weight excluding hydrogens is 538 g/mol. The smallest absolute Gasteiger partial charge is 0.327 e. The number of hydrazine groups is 1. The minimum absolute atomic E-state index is 0.0919. The first-order valence-electron chi connectivity index (χ1n) is 14.2. The lowest BCUT2D eigenvalue weighted by Crippen LogP contribution is -2.62. The summed E-state index contributed by atoms with van der Waals surface area (Å²) in [6.45, 7) is 7.58. The van der Waals surface area contributed by atoms with Crippen molar-refractivity contribution in [2.45, 2.75) is 104 Å². The van der Waals surface area contributed by atoms with E-state index < -0.39 is 47.7 Å². The van der Waals surface area contributed by atoms with Crippen molar-refractivity contribution in [2.24, 2.45) is 17.6 Å². The van der Waals surface area contributed by atoms with Gasteiger partial charge in [0.2, 0.25) is 23.6 Å². The number of nitrogens with two attached hydrogens (primary N) is 1. The molecule has 1 rings (SSSR count). The van der Waals surface area contributed by atoms with Crippen molar-refractivity contribution in [2.75, 3.05) is 18.1 Å². The number of thioether (sulfide) groups is 1. The molecule has 0 radical (unpaired) electrons. The first-order chi connectivity index (χ1) is 18.9. The van der Waals surface area contributed by atoms with Crippen LogP contribution in [0.4, 0.5) is 0 Å². The number of aliphatic carboxylic acids is 1. The van der Waals surface area contributed by atoms with Crippen LogP contribution < -0.4 is 21.8 Å². The topological polar surface area (TPSA) is 188 Å². The molecule has 0 spiro atoms. The van der Waals surface area contributed by atoms with E-state index >= 15 is 0 Å². The van der Waals surface area contributed by atoms with Gasteiger partial charge < -0.3 is 21.5 Å². The van der Waals surface area contributed by atoms with Crippen LogP contribution in [0.5, 0.6) is 0 Å². The second-order valence-electron chi connectivity index (χ2n) is 10.4. The minimum atomic E-state index is -1.15. The molecular formula is C27H47N5O7S. The van der Waals surface area contributed by atoms with Gasteiger partial charge in [-0.15, -0.1) is 0 Å². The molecule has 0 aliphatic carbocycles. The Morgan fingerprint density at radius 2 is 1.82 bits per heavy atom. The predicted molar refractivity (Wildman–Crippen MR) is 153 cm³/mol. The van der Waals surface area contributed by atoms with Crippen molar-refractivity contribution in [1.29, 1.82) is 0 Å². The molecule has 5 atom stereocenters. The summed E-state index contributed by atoms with van der Waals surface area (Å²) in [5.41, 5.74) is 8.43. The molecule has 12 nitrogen and oxygen atoms in total. The van der Waals surface area contributed by atoms with Crippen molar-refractivity contribution >= 4 is 47.1 Å². The van der Waals surface area contributed by atoms with Crippen molar-refractivity contribution in [3.8, 4) is 0 Å². The van der Waals surface area contributed by atoms with Crippen molar-refractivity contribution in [3.05, 3.63) is 0 Å². The summed E-state index contributed by atoms with van der Waals surface area (Å²) in [6, 6.07) is -2.65. The van der Waals surface area contributed by atoms with E-state index in [0.29, 0.717) is 38.0 Å². The number of carboxylic acid groups (broad SMARTS) is 1. The standard InChI is InChI=1S/C27H47N5O7S/c1-5-7-8-10-19(15-23(28)35)26(37)32-21(11-9-13-29-32)25(36)31-24(17(3)6-2)22(34)12-14-40-16-20(27(38)39)30-18(4)33/h17,19-21,24,29H,5-16H2,1-4H3,(H2,28,35)(H,30,33)(H,31,36)(H,38,39)/t17-,19+,20+,21-,24-/m0/s1. The van der Waals surface area contributed by atoms with E-state index in [1.165, 1.54) is 23.7 Å². The van der Waals surface area contributed by atoms with Crippen LogP contribution in [0.3, 0.4) is 0 Å². The first kappa shape index (κ1) is 35.4. The molecule has 1 saturated heterocycles. The lowest BCUT2D eigenvalue weighted by Gasteiger charge is -2.38. The van der Waals surface area contributed by atoms with Crippen LogP contribution in [-0.4, -0.2) is 81.7 Å². The van der Waals surface area contributed by atoms with Gasteiger partial charge in [0, 0.05) is 43.7 Å². The number of carboxylic acids is 1.